The van der Waals surface area contributed by atoms with Crippen molar-refractivity contribution in [3.8, 4) is 11.1 Å². The maximum absolute atomic E-state index is 2.58. The number of benzene rings is 7. The van der Waals surface area contributed by atoms with Crippen molar-refractivity contribution in [3.05, 3.63) is 161 Å². The molecule has 0 amide bonds. The van der Waals surface area contributed by atoms with Gasteiger partial charge in [-0.2, -0.15) is 0 Å². The van der Waals surface area contributed by atoms with E-state index in [9.17, 15) is 0 Å². The topological polar surface area (TPSA) is 6.48 Å². The molecule has 0 saturated heterocycles. The highest BCUT2D eigenvalue weighted by atomic mass is 15.2. The quantitative estimate of drug-likeness (QED) is 0.169. The van der Waals surface area contributed by atoms with E-state index in [-0.39, 0.29) is 17.5 Å². The fourth-order valence-electron chi connectivity index (χ4n) is 8.81. The van der Waals surface area contributed by atoms with Gasteiger partial charge in [-0.05, 0) is 136 Å². The Bertz CT molecular complexity index is 2620. The van der Waals surface area contributed by atoms with Gasteiger partial charge < -0.3 is 9.80 Å². The Morgan fingerprint density at radius 3 is 1.61 bits per heavy atom. The van der Waals surface area contributed by atoms with Crippen LogP contribution in [-0.4, -0.2) is 6.71 Å². The third-order valence-corrected chi connectivity index (χ3v) is 11.7. The SMILES string of the molecule is Cc1ccc2c(c1)B1c3cc(C)ccc3N(c3ccc(C(C)(C)C)cc3-c3ccc4ccccc4c3)c3cc(C)cc(c31)N2c1ccc(C(C)(C)C)cc1. The summed E-state index contributed by atoms with van der Waals surface area (Å²) in [4.78, 5) is 5.10. The lowest BCUT2D eigenvalue weighted by atomic mass is 9.33. The summed E-state index contributed by atoms with van der Waals surface area (Å²) in [5, 5.41) is 2.51. The molecule has 266 valence electrons. The van der Waals surface area contributed by atoms with E-state index in [4.69, 9.17) is 0 Å². The highest BCUT2D eigenvalue weighted by molar-refractivity contribution is 7.00. The van der Waals surface area contributed by atoms with Gasteiger partial charge in [-0.25, -0.2) is 0 Å². The molecule has 9 rings (SSSR count). The summed E-state index contributed by atoms with van der Waals surface area (Å²) in [6.45, 7) is 20.6. The number of hydrogen-bond donors (Lipinski definition) is 0. The molecule has 0 unspecified atom stereocenters. The van der Waals surface area contributed by atoms with Crippen LogP contribution in [0.15, 0.2) is 133 Å². The van der Waals surface area contributed by atoms with Gasteiger partial charge in [0, 0.05) is 34.0 Å². The van der Waals surface area contributed by atoms with Gasteiger partial charge >= 0.3 is 0 Å². The molecule has 7 aromatic rings. The van der Waals surface area contributed by atoms with Crippen LogP contribution in [0.1, 0.15) is 69.4 Å². The first-order valence-corrected chi connectivity index (χ1v) is 19.5. The van der Waals surface area contributed by atoms with Crippen molar-refractivity contribution in [2.75, 3.05) is 9.80 Å². The molecule has 0 saturated carbocycles. The Kier molecular flexibility index (Phi) is 7.77. The first kappa shape index (κ1) is 34.2. The normalized spacial score (nSPS) is 13.5. The molecule has 2 aliphatic rings. The molecule has 7 aromatic carbocycles. The lowest BCUT2D eigenvalue weighted by Gasteiger charge is -2.45. The number of fused-ring (bicyclic) bond motifs is 5. The molecule has 2 nitrogen and oxygen atoms in total. The van der Waals surface area contributed by atoms with E-state index in [2.05, 4.69) is 206 Å². The fraction of sp³-hybridized carbons (Fsp3) is 0.216. The second-order valence-corrected chi connectivity index (χ2v) is 17.8. The monoisotopic (exact) mass is 700 g/mol. The number of aryl methyl sites for hydroxylation is 3. The third-order valence-electron chi connectivity index (χ3n) is 11.7. The van der Waals surface area contributed by atoms with Gasteiger partial charge in [-0.3, -0.25) is 0 Å². The predicted octanol–water partition coefficient (Wildman–Crippen LogP) is 12.1. The van der Waals surface area contributed by atoms with E-state index in [0.717, 1.165) is 0 Å². The maximum Gasteiger partial charge on any atom is 0.252 e. The first-order valence-electron chi connectivity index (χ1n) is 19.5. The molecule has 0 aliphatic carbocycles. The average Bonchev–Trinajstić information content (AvgIpc) is 3.13. The molecule has 2 aliphatic heterocycles. The van der Waals surface area contributed by atoms with Crippen molar-refractivity contribution in [1.29, 1.82) is 0 Å². The van der Waals surface area contributed by atoms with Crippen molar-refractivity contribution in [2.24, 2.45) is 0 Å². The Morgan fingerprint density at radius 1 is 0.426 bits per heavy atom. The van der Waals surface area contributed by atoms with Crippen molar-refractivity contribution in [1.82, 2.24) is 0 Å². The van der Waals surface area contributed by atoms with E-state index in [1.165, 1.54) is 100 Å². The van der Waals surface area contributed by atoms with Crippen molar-refractivity contribution >= 4 is 68.0 Å². The fourth-order valence-corrected chi connectivity index (χ4v) is 8.81. The molecule has 0 spiro atoms. The second kappa shape index (κ2) is 12.2. The van der Waals surface area contributed by atoms with Crippen LogP contribution in [0.5, 0.6) is 0 Å². The maximum atomic E-state index is 2.58. The smallest absolute Gasteiger partial charge is 0.252 e. The van der Waals surface area contributed by atoms with Gasteiger partial charge in [-0.1, -0.05) is 132 Å². The van der Waals surface area contributed by atoms with Crippen molar-refractivity contribution in [3.63, 3.8) is 0 Å². The molecule has 0 aromatic heterocycles. The minimum absolute atomic E-state index is 0.000743. The highest BCUT2D eigenvalue weighted by Gasteiger charge is 2.44. The Balaban J connectivity index is 1.35. The summed E-state index contributed by atoms with van der Waals surface area (Å²) in [5.74, 6) is 0. The van der Waals surface area contributed by atoms with Crippen LogP contribution in [0.25, 0.3) is 21.9 Å². The largest absolute Gasteiger partial charge is 0.311 e. The molecule has 0 radical (unpaired) electrons. The van der Waals surface area contributed by atoms with Crippen LogP contribution < -0.4 is 26.2 Å². The number of nitrogens with zero attached hydrogens (tertiary/aromatic N) is 2. The van der Waals surface area contributed by atoms with Gasteiger partial charge in [0.05, 0.1) is 5.69 Å². The summed E-state index contributed by atoms with van der Waals surface area (Å²) < 4.78 is 0. The molecule has 2 heterocycles. The standard InChI is InChI=1S/C51H49BN2/c1-32-14-23-45-42(26-32)52-43-27-33(2)15-24-46(43)54(48-29-34(3)28-47(49(48)52)53(45)40-21-18-38(19-22-40)50(4,5)6)44-25-20-39(51(7,8)9)31-41(44)37-17-16-35-12-10-11-13-36(35)30-37/h10-31H,1-9H3. The minimum atomic E-state index is -0.000743. The highest BCUT2D eigenvalue weighted by Crippen LogP contribution is 2.48. The van der Waals surface area contributed by atoms with Gasteiger partial charge in [0.15, 0.2) is 0 Å². The first-order chi connectivity index (χ1) is 25.8. The van der Waals surface area contributed by atoms with E-state index in [1.54, 1.807) is 0 Å². The van der Waals surface area contributed by atoms with E-state index in [1.807, 2.05) is 0 Å². The number of rotatable bonds is 3. The van der Waals surface area contributed by atoms with Crippen LogP contribution in [0, 0.1) is 20.8 Å². The third kappa shape index (κ3) is 5.56. The minimum Gasteiger partial charge on any atom is -0.311 e. The second-order valence-electron chi connectivity index (χ2n) is 17.8. The van der Waals surface area contributed by atoms with E-state index < -0.39 is 0 Å². The zero-order chi connectivity index (χ0) is 37.7. The molecule has 0 N–H and O–H groups in total. The molecule has 0 atom stereocenters. The van der Waals surface area contributed by atoms with Crippen LogP contribution in [0.2, 0.25) is 0 Å². The summed E-state index contributed by atoms with van der Waals surface area (Å²) in [6, 6.07) is 51.1. The molecule has 0 fully saturated rings. The summed E-state index contributed by atoms with van der Waals surface area (Å²) in [7, 11) is 0. The molecular weight excluding hydrogens is 651 g/mol. The van der Waals surface area contributed by atoms with E-state index >= 15 is 0 Å². The molecule has 3 heteroatoms. The van der Waals surface area contributed by atoms with Gasteiger partial charge in [0.1, 0.15) is 0 Å². The predicted molar refractivity (Wildman–Crippen MR) is 235 cm³/mol. The zero-order valence-electron chi connectivity index (χ0n) is 33.2. The Hall–Kier alpha value is -5.54. The lowest BCUT2D eigenvalue weighted by Crippen LogP contribution is -2.61. The molecular formula is C51H49BN2. The summed E-state index contributed by atoms with van der Waals surface area (Å²) >= 11 is 0. The number of hydrogen-bond acceptors (Lipinski definition) is 2. The van der Waals surface area contributed by atoms with Crippen LogP contribution in [0.3, 0.4) is 0 Å². The van der Waals surface area contributed by atoms with Crippen LogP contribution in [0.4, 0.5) is 34.1 Å². The number of anilines is 6. The van der Waals surface area contributed by atoms with E-state index in [0.29, 0.717) is 0 Å². The average molecular weight is 701 g/mol. The van der Waals surface area contributed by atoms with Gasteiger partial charge in [0.25, 0.3) is 6.71 Å². The van der Waals surface area contributed by atoms with Crippen molar-refractivity contribution < 1.29 is 0 Å². The summed E-state index contributed by atoms with van der Waals surface area (Å²) in [5.41, 5.74) is 20.5. The van der Waals surface area contributed by atoms with Crippen LogP contribution >= 0.6 is 0 Å². The summed E-state index contributed by atoms with van der Waals surface area (Å²) in [6.07, 6.45) is 0. The van der Waals surface area contributed by atoms with Gasteiger partial charge in [0.2, 0.25) is 0 Å². The van der Waals surface area contributed by atoms with Gasteiger partial charge in [-0.15, -0.1) is 0 Å². The van der Waals surface area contributed by atoms with Crippen molar-refractivity contribution in [2.45, 2.75) is 73.1 Å². The molecule has 0 bridgehead atoms. The zero-order valence-corrected chi connectivity index (χ0v) is 33.2. The Labute approximate surface area is 322 Å². The van der Waals surface area contributed by atoms with Crippen LogP contribution in [-0.2, 0) is 10.8 Å². The Morgan fingerprint density at radius 2 is 0.981 bits per heavy atom. The lowest BCUT2D eigenvalue weighted by molar-refractivity contribution is 0.590. The molecule has 54 heavy (non-hydrogen) atoms.